The van der Waals surface area contributed by atoms with Crippen LogP contribution in [0.3, 0.4) is 0 Å². The summed E-state index contributed by atoms with van der Waals surface area (Å²) in [6.07, 6.45) is 2.24. The van der Waals surface area contributed by atoms with E-state index in [1.807, 2.05) is 34.5 Å². The molecule has 0 radical (unpaired) electrons. The van der Waals surface area contributed by atoms with E-state index in [1.165, 1.54) is 29.7 Å². The highest BCUT2D eigenvalue weighted by atomic mass is 32.1. The third kappa shape index (κ3) is 5.58. The predicted molar refractivity (Wildman–Crippen MR) is 127 cm³/mol. The van der Waals surface area contributed by atoms with Crippen molar-refractivity contribution < 1.29 is 14.3 Å². The molecule has 2 amide bonds. The summed E-state index contributed by atoms with van der Waals surface area (Å²) >= 11 is 1.31. The number of hydrogen-bond donors (Lipinski definition) is 2. The maximum absolute atomic E-state index is 12.7. The molecule has 1 fully saturated rings. The number of aromatic amines is 1. The lowest BCUT2D eigenvalue weighted by atomic mass is 10.2. The second-order valence-corrected chi connectivity index (χ2v) is 8.44. The molecule has 4 rings (SSSR count). The molecular weight excluding hydrogens is 442 g/mol. The van der Waals surface area contributed by atoms with Crippen molar-refractivity contribution in [1.82, 2.24) is 14.9 Å². The topological polar surface area (TPSA) is 108 Å². The highest BCUT2D eigenvalue weighted by Gasteiger charge is 2.23. The van der Waals surface area contributed by atoms with Gasteiger partial charge in [-0.2, -0.15) is 0 Å². The van der Waals surface area contributed by atoms with Crippen LogP contribution in [0.1, 0.15) is 22.5 Å². The summed E-state index contributed by atoms with van der Waals surface area (Å²) in [7, 11) is 1.66. The van der Waals surface area contributed by atoms with Crippen LogP contribution in [0.15, 0.2) is 52.8 Å². The summed E-state index contributed by atoms with van der Waals surface area (Å²) in [5, 5.41) is 5.01. The van der Waals surface area contributed by atoms with Gasteiger partial charge in [0.15, 0.2) is 5.13 Å². The average Bonchev–Trinajstić information content (AvgIpc) is 3.30. The Morgan fingerprint density at radius 1 is 1.15 bits per heavy atom. The van der Waals surface area contributed by atoms with Crippen LogP contribution in [0.25, 0.3) is 0 Å². The average molecular weight is 468 g/mol. The van der Waals surface area contributed by atoms with Crippen LogP contribution in [0, 0.1) is 0 Å². The molecule has 0 saturated carbocycles. The van der Waals surface area contributed by atoms with Crippen LogP contribution in [0.4, 0.5) is 10.8 Å². The van der Waals surface area contributed by atoms with Crippen molar-refractivity contribution in [3.05, 3.63) is 69.6 Å². The van der Waals surface area contributed by atoms with Crippen molar-refractivity contribution in [3.63, 3.8) is 0 Å². The number of aromatic nitrogens is 2. The first-order valence-electron chi connectivity index (χ1n) is 10.6. The number of nitrogens with one attached hydrogen (secondary N) is 2. The van der Waals surface area contributed by atoms with Gasteiger partial charge in [-0.15, -0.1) is 11.3 Å². The molecule has 1 aromatic carbocycles. The molecule has 1 saturated heterocycles. The number of hydrogen-bond acceptors (Lipinski definition) is 7. The first kappa shape index (κ1) is 22.5. The maximum atomic E-state index is 12.7. The second-order valence-electron chi connectivity index (χ2n) is 7.58. The van der Waals surface area contributed by atoms with Gasteiger partial charge in [0, 0.05) is 50.2 Å². The summed E-state index contributed by atoms with van der Waals surface area (Å²) < 4.78 is 5.45. The minimum absolute atomic E-state index is 0.0986. The number of carbonyl (C=O) groups is 2. The number of para-hydroxylation sites is 2. The van der Waals surface area contributed by atoms with Gasteiger partial charge in [0.05, 0.1) is 24.1 Å². The van der Waals surface area contributed by atoms with E-state index in [2.05, 4.69) is 20.2 Å². The molecule has 0 aliphatic carbocycles. The molecule has 3 heterocycles. The standard InChI is InChI=1S/C23H25N5O4S/c1-32-19-5-3-2-4-18(19)27-10-12-28(13-11-27)21(30)9-7-17-15-33-23(25-17)26-22(31)16-6-8-20(29)24-14-16/h2-6,8,14-15H,7,9-13H2,1H3,(H,24,29)(H,25,26,31). The molecule has 0 bridgehead atoms. The van der Waals surface area contributed by atoms with Gasteiger partial charge in [0.25, 0.3) is 5.91 Å². The molecule has 1 aliphatic heterocycles. The fraction of sp³-hybridized carbons (Fsp3) is 0.304. The van der Waals surface area contributed by atoms with E-state index >= 15 is 0 Å². The number of amides is 2. The Morgan fingerprint density at radius 3 is 2.67 bits per heavy atom. The fourth-order valence-electron chi connectivity index (χ4n) is 3.68. The van der Waals surface area contributed by atoms with Gasteiger partial charge in [-0.1, -0.05) is 12.1 Å². The maximum Gasteiger partial charge on any atom is 0.258 e. The van der Waals surface area contributed by atoms with Gasteiger partial charge in [0.1, 0.15) is 5.75 Å². The van der Waals surface area contributed by atoms with E-state index in [0.29, 0.717) is 36.6 Å². The number of H-pyrrole nitrogens is 1. The quantitative estimate of drug-likeness (QED) is 0.552. The van der Waals surface area contributed by atoms with Gasteiger partial charge in [0.2, 0.25) is 11.5 Å². The summed E-state index contributed by atoms with van der Waals surface area (Å²) in [6.45, 7) is 2.83. The second kappa shape index (κ2) is 10.3. The Morgan fingerprint density at radius 2 is 1.94 bits per heavy atom. The van der Waals surface area contributed by atoms with Gasteiger partial charge < -0.3 is 19.5 Å². The number of anilines is 2. The summed E-state index contributed by atoms with van der Waals surface area (Å²) in [6, 6.07) is 10.7. The van der Waals surface area contributed by atoms with Crippen LogP contribution in [0.2, 0.25) is 0 Å². The smallest absolute Gasteiger partial charge is 0.258 e. The van der Waals surface area contributed by atoms with Gasteiger partial charge in [-0.05, 0) is 24.6 Å². The number of piperazine rings is 1. The third-order valence-corrected chi connectivity index (χ3v) is 6.28. The van der Waals surface area contributed by atoms with Crippen LogP contribution >= 0.6 is 11.3 Å². The zero-order valence-corrected chi connectivity index (χ0v) is 19.1. The number of rotatable bonds is 7. The zero-order valence-electron chi connectivity index (χ0n) is 18.2. The lowest BCUT2D eigenvalue weighted by Gasteiger charge is -2.36. The number of benzene rings is 1. The van der Waals surface area contributed by atoms with E-state index in [1.54, 1.807) is 7.11 Å². The first-order chi connectivity index (χ1) is 16.0. The Kier molecular flexibility index (Phi) is 7.04. The number of thiazole rings is 1. The van der Waals surface area contributed by atoms with Crippen LogP contribution < -0.4 is 20.5 Å². The molecule has 1 aliphatic rings. The van der Waals surface area contributed by atoms with Crippen molar-refractivity contribution in [2.75, 3.05) is 43.5 Å². The lowest BCUT2D eigenvalue weighted by molar-refractivity contribution is -0.131. The monoisotopic (exact) mass is 467 g/mol. The predicted octanol–water partition coefficient (Wildman–Crippen LogP) is 2.37. The number of carbonyl (C=O) groups excluding carboxylic acids is 2. The largest absolute Gasteiger partial charge is 0.495 e. The van der Waals surface area contributed by atoms with Gasteiger partial charge in [-0.25, -0.2) is 4.98 Å². The number of nitrogens with zero attached hydrogens (tertiary/aromatic N) is 3. The summed E-state index contributed by atoms with van der Waals surface area (Å²) in [4.78, 5) is 47.0. The third-order valence-electron chi connectivity index (χ3n) is 5.47. The Hall–Kier alpha value is -3.66. The molecule has 0 atom stereocenters. The molecule has 33 heavy (non-hydrogen) atoms. The summed E-state index contributed by atoms with van der Waals surface area (Å²) in [5.74, 6) is 0.585. The highest BCUT2D eigenvalue weighted by Crippen LogP contribution is 2.28. The SMILES string of the molecule is COc1ccccc1N1CCN(C(=O)CCc2csc(NC(=O)c3ccc(=O)[nH]c3)n2)CC1. The molecule has 9 nitrogen and oxygen atoms in total. The van der Waals surface area contributed by atoms with Crippen LogP contribution in [-0.2, 0) is 11.2 Å². The number of methoxy groups -OCH3 is 1. The van der Waals surface area contributed by atoms with E-state index in [4.69, 9.17) is 4.74 Å². The van der Waals surface area contributed by atoms with Crippen molar-refractivity contribution in [3.8, 4) is 5.75 Å². The van der Waals surface area contributed by atoms with Crippen LogP contribution in [-0.4, -0.2) is 60.0 Å². The van der Waals surface area contributed by atoms with Crippen molar-refractivity contribution in [2.24, 2.45) is 0 Å². The van der Waals surface area contributed by atoms with E-state index < -0.39 is 0 Å². The molecule has 3 aromatic rings. The zero-order chi connectivity index (χ0) is 23.2. The van der Waals surface area contributed by atoms with Gasteiger partial charge >= 0.3 is 0 Å². The Bertz CT molecular complexity index is 1160. The Labute approximate surface area is 195 Å². The van der Waals surface area contributed by atoms with E-state index in [0.717, 1.165) is 30.2 Å². The lowest BCUT2D eigenvalue weighted by Crippen LogP contribution is -2.48. The number of pyridine rings is 1. The van der Waals surface area contributed by atoms with Crippen LogP contribution in [0.5, 0.6) is 5.75 Å². The molecule has 2 aromatic heterocycles. The summed E-state index contributed by atoms with van der Waals surface area (Å²) in [5.41, 5.74) is 1.88. The normalized spacial score (nSPS) is 13.6. The fourth-order valence-corrected chi connectivity index (χ4v) is 4.42. The minimum atomic E-state index is -0.351. The molecular formula is C23H25N5O4S. The highest BCUT2D eigenvalue weighted by molar-refractivity contribution is 7.14. The number of ether oxygens (including phenoxy) is 1. The van der Waals surface area contributed by atoms with Crippen molar-refractivity contribution in [2.45, 2.75) is 12.8 Å². The molecule has 2 N–H and O–H groups in total. The molecule has 10 heteroatoms. The number of aryl methyl sites for hydroxylation is 1. The molecule has 0 spiro atoms. The van der Waals surface area contributed by atoms with Crippen molar-refractivity contribution in [1.29, 1.82) is 0 Å². The Balaban J connectivity index is 1.25. The van der Waals surface area contributed by atoms with Gasteiger partial charge in [-0.3, -0.25) is 19.7 Å². The minimum Gasteiger partial charge on any atom is -0.495 e. The van der Waals surface area contributed by atoms with E-state index in [-0.39, 0.29) is 17.4 Å². The molecule has 0 unspecified atom stereocenters. The first-order valence-corrected chi connectivity index (χ1v) is 11.5. The van der Waals surface area contributed by atoms with E-state index in [9.17, 15) is 14.4 Å². The van der Waals surface area contributed by atoms with Crippen molar-refractivity contribution >= 4 is 34.0 Å². The molecule has 172 valence electrons.